The molecule has 4 aliphatic rings. The molecule has 1 unspecified atom stereocenters. The summed E-state index contributed by atoms with van der Waals surface area (Å²) in [5.41, 5.74) is 1.27. The predicted molar refractivity (Wildman–Crippen MR) is 137 cm³/mol. The fourth-order valence-corrected chi connectivity index (χ4v) is 6.32. The maximum Gasteiger partial charge on any atom is 0.158 e. The molecule has 35 heavy (non-hydrogen) atoms. The van der Waals surface area contributed by atoms with Gasteiger partial charge in [-0.2, -0.15) is 0 Å². The van der Waals surface area contributed by atoms with Crippen LogP contribution in [0.15, 0.2) is 23.8 Å². The van der Waals surface area contributed by atoms with Crippen molar-refractivity contribution in [2.45, 2.75) is 110 Å². The van der Waals surface area contributed by atoms with Crippen LogP contribution in [0.25, 0.3) is 0 Å². The van der Waals surface area contributed by atoms with Crippen LogP contribution in [-0.2, 0) is 18.9 Å². The van der Waals surface area contributed by atoms with E-state index in [2.05, 4.69) is 37.8 Å². The zero-order valence-electron chi connectivity index (χ0n) is 22.0. The molecule has 0 spiro atoms. The van der Waals surface area contributed by atoms with E-state index in [4.69, 9.17) is 18.9 Å². The van der Waals surface area contributed by atoms with Crippen LogP contribution in [0.3, 0.4) is 0 Å². The Bertz CT molecular complexity index is 778. The zero-order valence-corrected chi connectivity index (χ0v) is 22.0. The third kappa shape index (κ3) is 7.21. The van der Waals surface area contributed by atoms with Gasteiger partial charge < -0.3 is 24.1 Å². The van der Waals surface area contributed by atoms with Gasteiger partial charge in [0.05, 0.1) is 18.8 Å². The lowest BCUT2D eigenvalue weighted by Crippen LogP contribution is -2.36. The van der Waals surface area contributed by atoms with E-state index in [1.807, 2.05) is 13.0 Å². The van der Waals surface area contributed by atoms with E-state index in [-0.39, 0.29) is 36.8 Å². The minimum Gasteiger partial charge on any atom is -0.392 e. The summed E-state index contributed by atoms with van der Waals surface area (Å²) in [5, 5.41) is 9.45. The molecule has 1 N–H and O–H groups in total. The normalized spacial score (nSPS) is 35.7. The van der Waals surface area contributed by atoms with Crippen molar-refractivity contribution in [3.63, 3.8) is 0 Å². The molecule has 0 aromatic rings. The van der Waals surface area contributed by atoms with E-state index in [1.54, 1.807) is 0 Å². The highest BCUT2D eigenvalue weighted by Gasteiger charge is 2.47. The van der Waals surface area contributed by atoms with Crippen LogP contribution in [0.4, 0.5) is 0 Å². The predicted octanol–water partition coefficient (Wildman–Crippen LogP) is 5.77. The standard InChI is InChI=1S/C30H46O5/c1-4-5-15-30(2,3)27(35-29-11-7-9-18-33-29)13-12-24-25-20-22(14-16-31)19-23(25)21-26(24)34-28-10-6-8-17-32-28/h12-14,23-29,31H,6-11,15-21H2,1-3H3/b13-12+,22-14+/t23-,24+,25-,26+,27+,28?,29+/m0/s1. The first-order valence-corrected chi connectivity index (χ1v) is 13.9. The van der Waals surface area contributed by atoms with E-state index in [1.165, 1.54) is 12.0 Å². The third-order valence-electron chi connectivity index (χ3n) is 8.37. The second-order valence-corrected chi connectivity index (χ2v) is 11.5. The Balaban J connectivity index is 1.53. The Morgan fingerprint density at radius 2 is 1.83 bits per heavy atom. The molecule has 196 valence electrons. The lowest BCUT2D eigenvalue weighted by Gasteiger charge is -2.35. The van der Waals surface area contributed by atoms with E-state index >= 15 is 0 Å². The molecule has 0 amide bonds. The summed E-state index contributed by atoms with van der Waals surface area (Å²) >= 11 is 0. The quantitative estimate of drug-likeness (QED) is 0.331. The molecule has 0 radical (unpaired) electrons. The van der Waals surface area contributed by atoms with E-state index < -0.39 is 0 Å². The van der Waals surface area contributed by atoms with Crippen LogP contribution >= 0.6 is 0 Å². The molecule has 2 aliphatic carbocycles. The van der Waals surface area contributed by atoms with Crippen molar-refractivity contribution in [3.8, 4) is 11.8 Å². The second-order valence-electron chi connectivity index (χ2n) is 11.5. The zero-order chi connectivity index (χ0) is 24.7. The summed E-state index contributed by atoms with van der Waals surface area (Å²) in [7, 11) is 0. The van der Waals surface area contributed by atoms with Gasteiger partial charge in [-0.05, 0) is 76.5 Å². The van der Waals surface area contributed by atoms with Gasteiger partial charge >= 0.3 is 0 Å². The van der Waals surface area contributed by atoms with E-state index in [0.29, 0.717) is 17.8 Å². The fourth-order valence-electron chi connectivity index (χ4n) is 6.32. The maximum atomic E-state index is 9.45. The highest BCUT2D eigenvalue weighted by atomic mass is 16.7. The van der Waals surface area contributed by atoms with Crippen molar-refractivity contribution in [2.75, 3.05) is 19.8 Å². The molecule has 4 rings (SSSR count). The van der Waals surface area contributed by atoms with Crippen LogP contribution in [0.1, 0.15) is 85.0 Å². The molecule has 2 aliphatic heterocycles. The average Bonchev–Trinajstić information content (AvgIpc) is 3.39. The van der Waals surface area contributed by atoms with E-state index in [9.17, 15) is 5.11 Å². The number of aliphatic hydroxyl groups is 1. The summed E-state index contributed by atoms with van der Waals surface area (Å²) in [4.78, 5) is 0. The molecule has 5 nitrogen and oxygen atoms in total. The molecule has 7 atom stereocenters. The molecular formula is C30H46O5. The Hall–Kier alpha value is -1.16. The fraction of sp³-hybridized carbons (Fsp3) is 0.800. The van der Waals surface area contributed by atoms with Gasteiger partial charge in [0.1, 0.15) is 0 Å². The smallest absolute Gasteiger partial charge is 0.158 e. The van der Waals surface area contributed by atoms with Gasteiger partial charge in [0.25, 0.3) is 0 Å². The highest BCUT2D eigenvalue weighted by molar-refractivity contribution is 5.19. The number of aliphatic hydroxyl groups excluding tert-OH is 1. The van der Waals surface area contributed by atoms with Crippen LogP contribution in [-0.4, -0.2) is 49.7 Å². The van der Waals surface area contributed by atoms with Gasteiger partial charge in [0.15, 0.2) is 12.6 Å². The molecular weight excluding hydrogens is 440 g/mol. The third-order valence-corrected chi connectivity index (χ3v) is 8.37. The number of fused-ring (bicyclic) bond motifs is 1. The summed E-state index contributed by atoms with van der Waals surface area (Å²) in [5.74, 6) is 7.81. The maximum absolute atomic E-state index is 9.45. The Kier molecular flexibility index (Phi) is 9.90. The topological polar surface area (TPSA) is 57.2 Å². The van der Waals surface area contributed by atoms with Crippen molar-refractivity contribution >= 4 is 0 Å². The molecule has 0 aromatic heterocycles. The first-order chi connectivity index (χ1) is 17.0. The van der Waals surface area contributed by atoms with Gasteiger partial charge in [-0.15, -0.1) is 11.8 Å². The summed E-state index contributed by atoms with van der Waals surface area (Å²) in [6, 6.07) is 0. The Morgan fingerprint density at radius 1 is 1.09 bits per heavy atom. The molecule has 0 aromatic carbocycles. The van der Waals surface area contributed by atoms with Gasteiger partial charge in [0.2, 0.25) is 0 Å². The number of ether oxygens (including phenoxy) is 4. The highest BCUT2D eigenvalue weighted by Crippen LogP contribution is 2.52. The largest absolute Gasteiger partial charge is 0.392 e. The van der Waals surface area contributed by atoms with Gasteiger partial charge in [0, 0.05) is 31.0 Å². The molecule has 2 saturated carbocycles. The van der Waals surface area contributed by atoms with E-state index in [0.717, 1.165) is 71.0 Å². The van der Waals surface area contributed by atoms with Crippen molar-refractivity contribution in [3.05, 3.63) is 23.8 Å². The van der Waals surface area contributed by atoms with Crippen molar-refractivity contribution < 1.29 is 24.1 Å². The first-order valence-electron chi connectivity index (χ1n) is 13.9. The Morgan fingerprint density at radius 3 is 2.49 bits per heavy atom. The van der Waals surface area contributed by atoms with Crippen LogP contribution in [0.5, 0.6) is 0 Å². The van der Waals surface area contributed by atoms with Crippen LogP contribution in [0.2, 0.25) is 0 Å². The minimum absolute atomic E-state index is 0.0742. The first kappa shape index (κ1) is 26.9. The average molecular weight is 487 g/mol. The van der Waals surface area contributed by atoms with Crippen molar-refractivity contribution in [1.82, 2.24) is 0 Å². The molecule has 2 saturated heterocycles. The van der Waals surface area contributed by atoms with Gasteiger partial charge in [-0.3, -0.25) is 0 Å². The van der Waals surface area contributed by atoms with Gasteiger partial charge in [-0.25, -0.2) is 0 Å². The van der Waals surface area contributed by atoms with Gasteiger partial charge in [-0.1, -0.05) is 37.6 Å². The van der Waals surface area contributed by atoms with Crippen molar-refractivity contribution in [2.24, 2.45) is 23.2 Å². The number of hydrogen-bond donors (Lipinski definition) is 1. The van der Waals surface area contributed by atoms with Crippen molar-refractivity contribution in [1.29, 1.82) is 0 Å². The second kappa shape index (κ2) is 12.9. The number of rotatable bonds is 9. The summed E-state index contributed by atoms with van der Waals surface area (Å²) in [6.45, 7) is 8.10. The number of hydrogen-bond acceptors (Lipinski definition) is 5. The molecule has 5 heteroatoms. The monoisotopic (exact) mass is 486 g/mol. The molecule has 4 fully saturated rings. The lowest BCUT2D eigenvalue weighted by atomic mass is 9.81. The molecule has 2 heterocycles. The Labute approximate surface area is 212 Å². The lowest BCUT2D eigenvalue weighted by molar-refractivity contribution is -0.197. The minimum atomic E-state index is -0.142. The number of allylic oxidation sites excluding steroid dienone is 1. The SMILES string of the molecule is CC#CCC(C)(C)[C@@H](/C=C/[C@@H]1[C@H]2C/C(=C/CO)C[C@H]2C[C@H]1OC1CCCCO1)O[C@@H]1CCCCO1. The summed E-state index contributed by atoms with van der Waals surface area (Å²) in [6.07, 6.45) is 17.0. The van der Waals surface area contributed by atoms with Crippen LogP contribution in [0, 0.1) is 35.0 Å². The summed E-state index contributed by atoms with van der Waals surface area (Å²) < 4.78 is 25.1. The van der Waals surface area contributed by atoms with Crippen LogP contribution < -0.4 is 0 Å². The molecule has 0 bridgehead atoms.